The van der Waals surface area contributed by atoms with Crippen molar-refractivity contribution in [2.24, 2.45) is 7.05 Å². The molecule has 5 rings (SSSR count). The van der Waals surface area contributed by atoms with Crippen molar-refractivity contribution in [2.75, 3.05) is 0 Å². The van der Waals surface area contributed by atoms with Crippen molar-refractivity contribution < 1.29 is 18.3 Å². The van der Waals surface area contributed by atoms with Crippen LogP contribution in [-0.2, 0) is 7.05 Å². The van der Waals surface area contributed by atoms with E-state index in [4.69, 9.17) is 4.98 Å². The van der Waals surface area contributed by atoms with Gasteiger partial charge in [0.1, 0.15) is 17.5 Å². The molecule has 1 aliphatic carbocycles. The van der Waals surface area contributed by atoms with Gasteiger partial charge in [-0.1, -0.05) is 12.1 Å². The molecule has 11 heteroatoms. The zero-order chi connectivity index (χ0) is 22.8. The molecule has 0 amide bonds. The van der Waals surface area contributed by atoms with Gasteiger partial charge in [-0.2, -0.15) is 17.9 Å². The Morgan fingerprint density at radius 3 is 2.50 bits per heavy atom. The number of benzene rings is 1. The predicted molar refractivity (Wildman–Crippen MR) is 108 cm³/mol. The van der Waals surface area contributed by atoms with Gasteiger partial charge in [0, 0.05) is 24.9 Å². The summed E-state index contributed by atoms with van der Waals surface area (Å²) in [6, 6.07) is 9.49. The van der Waals surface area contributed by atoms with Crippen molar-refractivity contribution in [1.82, 2.24) is 34.3 Å². The summed E-state index contributed by atoms with van der Waals surface area (Å²) in [6.07, 6.45) is -6.82. The molecule has 3 aromatic heterocycles. The molecule has 1 fully saturated rings. The largest absolute Gasteiger partial charge is 0.421 e. The predicted octanol–water partition coefficient (Wildman–Crippen LogP) is 3.43. The Labute approximate surface area is 180 Å². The van der Waals surface area contributed by atoms with Crippen molar-refractivity contribution >= 4 is 11.0 Å². The van der Waals surface area contributed by atoms with E-state index < -0.39 is 18.1 Å². The molecule has 1 aliphatic rings. The summed E-state index contributed by atoms with van der Waals surface area (Å²) in [7, 11) is 1.97. The lowest BCUT2D eigenvalue weighted by Crippen LogP contribution is -2.24. The van der Waals surface area contributed by atoms with Crippen molar-refractivity contribution in [1.29, 1.82) is 0 Å². The Morgan fingerprint density at radius 2 is 1.78 bits per heavy atom. The van der Waals surface area contributed by atoms with Gasteiger partial charge in [0.15, 0.2) is 11.6 Å². The number of imidazole rings is 1. The van der Waals surface area contributed by atoms with Crippen molar-refractivity contribution in [3.63, 3.8) is 0 Å². The van der Waals surface area contributed by atoms with Crippen LogP contribution < -0.4 is 0 Å². The van der Waals surface area contributed by atoms with Crippen molar-refractivity contribution in [3.8, 4) is 5.82 Å². The lowest BCUT2D eigenvalue weighted by molar-refractivity contribution is -0.209. The molecule has 3 heterocycles. The molecule has 32 heavy (non-hydrogen) atoms. The molecule has 4 aromatic rings. The number of hydrogen-bond donors (Lipinski definition) is 1. The van der Waals surface area contributed by atoms with E-state index in [1.807, 2.05) is 31.3 Å². The Bertz CT molecular complexity index is 1330. The van der Waals surface area contributed by atoms with E-state index in [0.717, 1.165) is 28.0 Å². The highest BCUT2D eigenvalue weighted by molar-refractivity contribution is 5.76. The van der Waals surface area contributed by atoms with Gasteiger partial charge in [0.2, 0.25) is 6.10 Å². The van der Waals surface area contributed by atoms with Gasteiger partial charge < -0.3 is 9.67 Å². The van der Waals surface area contributed by atoms with E-state index in [9.17, 15) is 18.3 Å². The minimum atomic E-state index is -4.87. The summed E-state index contributed by atoms with van der Waals surface area (Å²) in [4.78, 5) is 17.3. The normalized spacial score (nSPS) is 19.5. The molecule has 0 spiro atoms. The quantitative estimate of drug-likeness (QED) is 0.519. The first-order chi connectivity index (χ1) is 15.1. The molecule has 1 saturated carbocycles. The van der Waals surface area contributed by atoms with Crippen LogP contribution >= 0.6 is 0 Å². The maximum absolute atomic E-state index is 13.1. The SMILES string of the molecule is Cc1nc(C2C[C@H]2c2nc3ccccc3n2C)cc(-n2nc(C)nc2C(O)C(F)(F)F)n1. The number of hydrogen-bond acceptors (Lipinski definition) is 6. The van der Waals surface area contributed by atoms with Crippen molar-refractivity contribution in [2.45, 2.75) is 44.4 Å². The van der Waals surface area contributed by atoms with Crippen LogP contribution in [0.2, 0.25) is 0 Å². The molecular formula is C21H20F3N7O. The molecule has 166 valence electrons. The summed E-state index contributed by atoms with van der Waals surface area (Å²) in [6.45, 7) is 3.13. The smallest absolute Gasteiger partial charge is 0.377 e. The maximum Gasteiger partial charge on any atom is 0.421 e. The number of fused-ring (bicyclic) bond motifs is 1. The Balaban J connectivity index is 1.51. The number of para-hydroxylation sites is 2. The summed E-state index contributed by atoms with van der Waals surface area (Å²) in [5.41, 5.74) is 2.65. The van der Waals surface area contributed by atoms with Crippen LogP contribution in [0.5, 0.6) is 0 Å². The second-order valence-corrected chi connectivity index (χ2v) is 8.04. The molecule has 0 aliphatic heterocycles. The lowest BCUT2D eigenvalue weighted by atomic mass is 10.2. The molecule has 0 saturated heterocycles. The summed E-state index contributed by atoms with van der Waals surface area (Å²) < 4.78 is 42.4. The number of alkyl halides is 3. The zero-order valence-electron chi connectivity index (χ0n) is 17.5. The highest BCUT2D eigenvalue weighted by Gasteiger charge is 2.45. The molecule has 8 nitrogen and oxygen atoms in total. The fraction of sp³-hybridized carbons (Fsp3) is 0.381. The van der Waals surface area contributed by atoms with E-state index in [1.165, 1.54) is 6.92 Å². The topological polar surface area (TPSA) is 94.5 Å². The average Bonchev–Trinajstić information content (AvgIpc) is 3.33. The van der Waals surface area contributed by atoms with Gasteiger partial charge in [0.25, 0.3) is 0 Å². The Hall–Kier alpha value is -3.34. The van der Waals surface area contributed by atoms with E-state index in [1.54, 1.807) is 13.0 Å². The van der Waals surface area contributed by atoms with Gasteiger partial charge >= 0.3 is 6.18 Å². The fourth-order valence-electron chi connectivity index (χ4n) is 4.10. The summed E-state index contributed by atoms with van der Waals surface area (Å²) >= 11 is 0. The van der Waals surface area contributed by atoms with E-state index in [2.05, 4.69) is 24.6 Å². The molecule has 0 bridgehead atoms. The van der Waals surface area contributed by atoms with E-state index in [0.29, 0.717) is 11.5 Å². The number of nitrogens with zero attached hydrogens (tertiary/aromatic N) is 7. The summed E-state index contributed by atoms with van der Waals surface area (Å²) in [5, 5.41) is 13.8. The van der Waals surface area contributed by atoms with E-state index in [-0.39, 0.29) is 23.5 Å². The van der Waals surface area contributed by atoms with Gasteiger partial charge in [-0.15, -0.1) is 5.10 Å². The minimum Gasteiger partial charge on any atom is -0.377 e. The fourth-order valence-corrected chi connectivity index (χ4v) is 4.10. The molecule has 1 aromatic carbocycles. The molecule has 1 N–H and O–H groups in total. The lowest BCUT2D eigenvalue weighted by Gasteiger charge is -2.15. The second-order valence-electron chi connectivity index (χ2n) is 8.04. The van der Waals surface area contributed by atoms with Crippen LogP contribution in [0.15, 0.2) is 30.3 Å². The molecule has 2 unspecified atom stereocenters. The first-order valence-electron chi connectivity index (χ1n) is 10.1. The maximum atomic E-state index is 13.1. The third-order valence-corrected chi connectivity index (χ3v) is 5.68. The summed E-state index contributed by atoms with van der Waals surface area (Å²) in [5.74, 6) is 1.17. The number of rotatable bonds is 4. The number of aromatic nitrogens is 7. The second kappa shape index (κ2) is 7.09. The highest BCUT2D eigenvalue weighted by Crippen LogP contribution is 2.54. The van der Waals surface area contributed by atoms with Gasteiger partial charge in [-0.25, -0.2) is 19.9 Å². The standard InChI is InChI=1S/C21H20F3N7O/c1-10-25-15(12-8-13(12)19-28-14-6-4-5-7-16(14)30(19)3)9-17(26-10)31-20(27-11(2)29-31)18(32)21(22,23)24/h4-7,9,12-13,18,32H,8H2,1-3H3/t12?,13-,18?/m1/s1. The molecule has 3 atom stereocenters. The number of halogens is 3. The number of aryl methyl sites for hydroxylation is 3. The number of aliphatic hydroxyl groups excluding tert-OH is 1. The van der Waals surface area contributed by atoms with Crippen LogP contribution in [0.1, 0.15) is 53.4 Å². The van der Waals surface area contributed by atoms with Crippen molar-refractivity contribution in [3.05, 3.63) is 59.3 Å². The third kappa shape index (κ3) is 3.42. The number of aliphatic hydroxyl groups is 1. The van der Waals surface area contributed by atoms with Crippen LogP contribution in [0.3, 0.4) is 0 Å². The van der Waals surface area contributed by atoms with Crippen LogP contribution in [0.25, 0.3) is 16.9 Å². The molecule has 0 radical (unpaired) electrons. The van der Waals surface area contributed by atoms with Gasteiger partial charge in [0.05, 0.1) is 16.7 Å². The van der Waals surface area contributed by atoms with Gasteiger partial charge in [-0.05, 0) is 32.4 Å². The molecular weight excluding hydrogens is 423 g/mol. The first kappa shape index (κ1) is 20.6. The zero-order valence-corrected chi connectivity index (χ0v) is 17.5. The third-order valence-electron chi connectivity index (χ3n) is 5.68. The Morgan fingerprint density at radius 1 is 1.03 bits per heavy atom. The van der Waals surface area contributed by atoms with Crippen LogP contribution in [-0.4, -0.2) is 45.6 Å². The first-order valence-corrected chi connectivity index (χ1v) is 10.1. The monoisotopic (exact) mass is 443 g/mol. The highest BCUT2D eigenvalue weighted by atomic mass is 19.4. The van der Waals surface area contributed by atoms with E-state index >= 15 is 0 Å². The minimum absolute atomic E-state index is 0.0616. The van der Waals surface area contributed by atoms with Crippen LogP contribution in [0.4, 0.5) is 13.2 Å². The van der Waals surface area contributed by atoms with Crippen LogP contribution in [0, 0.1) is 13.8 Å². The Kier molecular flexibility index (Phi) is 4.55. The van der Waals surface area contributed by atoms with Gasteiger partial charge in [-0.3, -0.25) is 0 Å². The average molecular weight is 443 g/mol.